The highest BCUT2D eigenvalue weighted by molar-refractivity contribution is 9.10. The number of carbonyl (C=O) groups is 3. The number of rotatable bonds is 2. The number of anilines is 1. The standard InChI is InChI=1S/C29H24BrNO4/c1-28(2,3)27(34)24-23(21-9-6-14-35-21)29(25(32)18-7-4-5-8-19(18)26(29)33)22-13-10-16-15-17(30)11-12-20(16)31(22)24/h4-15,22-24H,1-3H3. The Morgan fingerprint density at radius 1 is 1.00 bits per heavy atom. The Kier molecular flexibility index (Phi) is 4.68. The molecule has 2 aliphatic heterocycles. The van der Waals surface area contributed by atoms with E-state index in [1.54, 1.807) is 36.4 Å². The van der Waals surface area contributed by atoms with E-state index in [9.17, 15) is 14.4 Å². The molecule has 3 heterocycles. The summed E-state index contributed by atoms with van der Waals surface area (Å²) in [5.74, 6) is -0.834. The zero-order valence-electron chi connectivity index (χ0n) is 19.6. The zero-order valence-corrected chi connectivity index (χ0v) is 21.2. The van der Waals surface area contributed by atoms with Crippen molar-refractivity contribution in [3.8, 4) is 0 Å². The van der Waals surface area contributed by atoms with Crippen molar-refractivity contribution in [3.63, 3.8) is 0 Å². The summed E-state index contributed by atoms with van der Waals surface area (Å²) in [6, 6.07) is 15.0. The summed E-state index contributed by atoms with van der Waals surface area (Å²) >= 11 is 3.54. The van der Waals surface area contributed by atoms with Crippen LogP contribution in [0.4, 0.5) is 5.69 Å². The SMILES string of the molecule is CC(C)(C)C(=O)C1C(c2ccco2)C2(C(=O)c3ccccc3C2=O)C2C=Cc3cc(Br)ccc3N12. The highest BCUT2D eigenvalue weighted by Gasteiger charge is 2.72. The monoisotopic (exact) mass is 529 g/mol. The molecule has 6 heteroatoms. The minimum absolute atomic E-state index is 0.0403. The van der Waals surface area contributed by atoms with E-state index in [0.29, 0.717) is 16.9 Å². The van der Waals surface area contributed by atoms with Crippen LogP contribution in [-0.2, 0) is 4.79 Å². The second kappa shape index (κ2) is 7.37. The number of carbonyl (C=O) groups excluding carboxylic acids is 3. The second-order valence-electron chi connectivity index (χ2n) is 10.5. The number of Topliss-reactive ketones (excluding diaryl/α,β-unsaturated/α-hetero) is 3. The van der Waals surface area contributed by atoms with Crippen LogP contribution in [0.2, 0.25) is 0 Å². The van der Waals surface area contributed by atoms with Crippen molar-refractivity contribution in [2.24, 2.45) is 10.8 Å². The fourth-order valence-corrected chi connectivity index (χ4v) is 6.55. The van der Waals surface area contributed by atoms with Crippen LogP contribution in [0.1, 0.15) is 58.7 Å². The molecule has 0 bridgehead atoms. The van der Waals surface area contributed by atoms with E-state index in [0.717, 1.165) is 15.7 Å². The molecule has 1 saturated heterocycles. The Morgan fingerprint density at radius 2 is 1.69 bits per heavy atom. The van der Waals surface area contributed by atoms with Gasteiger partial charge in [0.25, 0.3) is 0 Å². The summed E-state index contributed by atoms with van der Waals surface area (Å²) in [4.78, 5) is 44.9. The van der Waals surface area contributed by atoms with Gasteiger partial charge in [0.2, 0.25) is 0 Å². The number of ketones is 3. The van der Waals surface area contributed by atoms with Gasteiger partial charge in [0, 0.05) is 26.7 Å². The molecule has 3 atom stereocenters. The molecule has 1 aliphatic carbocycles. The first-order valence-corrected chi connectivity index (χ1v) is 12.5. The van der Waals surface area contributed by atoms with Crippen molar-refractivity contribution in [3.05, 3.63) is 93.9 Å². The van der Waals surface area contributed by atoms with E-state index in [4.69, 9.17) is 4.42 Å². The van der Waals surface area contributed by atoms with E-state index in [-0.39, 0.29) is 17.3 Å². The summed E-state index contributed by atoms with van der Waals surface area (Å²) < 4.78 is 6.80. The summed E-state index contributed by atoms with van der Waals surface area (Å²) in [5, 5.41) is 0. The van der Waals surface area contributed by atoms with E-state index in [1.165, 1.54) is 6.26 Å². The third-order valence-corrected chi connectivity index (χ3v) is 8.12. The molecule has 5 nitrogen and oxygen atoms in total. The molecule has 6 rings (SSSR count). The van der Waals surface area contributed by atoms with Crippen LogP contribution in [0.15, 0.2) is 75.8 Å². The van der Waals surface area contributed by atoms with E-state index >= 15 is 0 Å². The van der Waals surface area contributed by atoms with Crippen LogP contribution < -0.4 is 4.90 Å². The van der Waals surface area contributed by atoms with Crippen molar-refractivity contribution in [2.75, 3.05) is 4.90 Å². The van der Waals surface area contributed by atoms with Crippen LogP contribution in [0, 0.1) is 10.8 Å². The maximum absolute atomic E-state index is 14.3. The molecule has 3 aliphatic rings. The third-order valence-electron chi connectivity index (χ3n) is 7.62. The Labute approximate surface area is 211 Å². The van der Waals surface area contributed by atoms with Crippen LogP contribution in [0.3, 0.4) is 0 Å². The Hall–Kier alpha value is -3.25. The molecule has 176 valence electrons. The van der Waals surface area contributed by atoms with E-state index in [2.05, 4.69) is 15.9 Å². The first-order valence-electron chi connectivity index (χ1n) is 11.7. The van der Waals surface area contributed by atoms with Gasteiger partial charge in [0.1, 0.15) is 17.2 Å². The highest BCUT2D eigenvalue weighted by atomic mass is 79.9. The molecule has 0 saturated carbocycles. The number of nitrogens with zero attached hydrogens (tertiary/aromatic N) is 1. The number of halogens is 1. The predicted molar refractivity (Wildman–Crippen MR) is 137 cm³/mol. The summed E-state index contributed by atoms with van der Waals surface area (Å²) in [7, 11) is 0. The molecular formula is C29H24BrNO4. The Morgan fingerprint density at radius 3 is 2.29 bits per heavy atom. The topological polar surface area (TPSA) is 67.6 Å². The van der Waals surface area contributed by atoms with Gasteiger partial charge in [-0.15, -0.1) is 0 Å². The first-order chi connectivity index (χ1) is 16.7. The van der Waals surface area contributed by atoms with Crippen LogP contribution >= 0.6 is 15.9 Å². The van der Waals surface area contributed by atoms with Crippen molar-refractivity contribution in [2.45, 2.75) is 38.8 Å². The maximum atomic E-state index is 14.3. The van der Waals surface area contributed by atoms with Gasteiger partial charge >= 0.3 is 0 Å². The van der Waals surface area contributed by atoms with Crippen molar-refractivity contribution < 1.29 is 18.8 Å². The van der Waals surface area contributed by atoms with Crippen LogP contribution in [-0.4, -0.2) is 29.4 Å². The van der Waals surface area contributed by atoms with Gasteiger partial charge in [-0.3, -0.25) is 14.4 Å². The lowest BCUT2D eigenvalue weighted by atomic mass is 9.65. The molecule has 35 heavy (non-hydrogen) atoms. The largest absolute Gasteiger partial charge is 0.469 e. The van der Waals surface area contributed by atoms with Gasteiger partial charge in [-0.2, -0.15) is 0 Å². The van der Waals surface area contributed by atoms with Crippen molar-refractivity contribution >= 4 is 45.0 Å². The second-order valence-corrected chi connectivity index (χ2v) is 11.5. The number of benzene rings is 2. The van der Waals surface area contributed by atoms with Gasteiger partial charge in [-0.05, 0) is 35.9 Å². The minimum atomic E-state index is -1.51. The lowest BCUT2D eigenvalue weighted by molar-refractivity contribution is -0.128. The minimum Gasteiger partial charge on any atom is -0.469 e. The molecular weight excluding hydrogens is 506 g/mol. The number of furan rings is 1. The fraction of sp³-hybridized carbons (Fsp3) is 0.276. The van der Waals surface area contributed by atoms with Gasteiger partial charge in [-0.25, -0.2) is 0 Å². The Balaban J connectivity index is 1.69. The predicted octanol–water partition coefficient (Wildman–Crippen LogP) is 6.09. The van der Waals surface area contributed by atoms with Gasteiger partial charge in [-0.1, -0.05) is 73.1 Å². The molecule has 0 amide bonds. The number of fused-ring (bicyclic) bond motifs is 5. The van der Waals surface area contributed by atoms with Gasteiger partial charge < -0.3 is 9.32 Å². The Bertz CT molecular complexity index is 1390. The molecule has 3 aromatic rings. The molecule has 3 unspecified atom stereocenters. The number of hydrogen-bond donors (Lipinski definition) is 0. The van der Waals surface area contributed by atoms with Gasteiger partial charge in [0.05, 0.1) is 18.2 Å². The first kappa shape index (κ1) is 22.2. The van der Waals surface area contributed by atoms with Crippen LogP contribution in [0.25, 0.3) is 6.08 Å². The normalized spacial score (nSPS) is 24.0. The number of hydrogen-bond acceptors (Lipinski definition) is 5. The fourth-order valence-electron chi connectivity index (χ4n) is 6.17. The lowest BCUT2D eigenvalue weighted by Crippen LogP contribution is -2.49. The van der Waals surface area contributed by atoms with Crippen LogP contribution in [0.5, 0.6) is 0 Å². The quantitative estimate of drug-likeness (QED) is 0.375. The molecule has 1 aromatic heterocycles. The zero-order chi connectivity index (χ0) is 24.7. The molecule has 0 radical (unpaired) electrons. The maximum Gasteiger partial charge on any atom is 0.180 e. The smallest absolute Gasteiger partial charge is 0.180 e. The highest BCUT2D eigenvalue weighted by Crippen LogP contribution is 2.61. The average Bonchev–Trinajstić information content (AvgIpc) is 3.51. The molecule has 0 N–H and O–H groups in total. The van der Waals surface area contributed by atoms with E-state index in [1.807, 2.05) is 56.0 Å². The molecule has 2 aromatic carbocycles. The summed E-state index contributed by atoms with van der Waals surface area (Å²) in [5.41, 5.74) is 0.357. The third kappa shape index (κ3) is 2.83. The lowest BCUT2D eigenvalue weighted by Gasteiger charge is -2.38. The molecule has 1 fully saturated rings. The summed E-state index contributed by atoms with van der Waals surface area (Å²) in [6.45, 7) is 5.64. The van der Waals surface area contributed by atoms with E-state index < -0.39 is 28.8 Å². The van der Waals surface area contributed by atoms with Gasteiger partial charge in [0.15, 0.2) is 17.3 Å². The molecule has 1 spiro atoms. The van der Waals surface area contributed by atoms with Crippen molar-refractivity contribution in [1.82, 2.24) is 0 Å². The average molecular weight is 530 g/mol. The van der Waals surface area contributed by atoms with Crippen molar-refractivity contribution in [1.29, 1.82) is 0 Å². The summed E-state index contributed by atoms with van der Waals surface area (Å²) in [6.07, 6.45) is 5.41.